The normalized spacial score (nSPS) is 12.4. The van der Waals surface area contributed by atoms with Gasteiger partial charge in [-0.1, -0.05) is 32.9 Å². The molecule has 0 aliphatic carbocycles. The minimum absolute atomic E-state index is 0.0240. The van der Waals surface area contributed by atoms with Gasteiger partial charge in [0.2, 0.25) is 17.4 Å². The fourth-order valence-corrected chi connectivity index (χ4v) is 4.80. The molecule has 0 amide bonds. The summed E-state index contributed by atoms with van der Waals surface area (Å²) in [6.45, 7) is 10.7. The van der Waals surface area contributed by atoms with Crippen molar-refractivity contribution in [3.8, 4) is 11.3 Å². The summed E-state index contributed by atoms with van der Waals surface area (Å²) in [6, 6.07) is 11.4. The highest BCUT2D eigenvalue weighted by molar-refractivity contribution is 6.11. The molecule has 33 heavy (non-hydrogen) atoms. The monoisotopic (exact) mass is 445 g/mol. The van der Waals surface area contributed by atoms with Gasteiger partial charge in [-0.2, -0.15) is 9.37 Å². The minimum atomic E-state index is -0.892. The van der Waals surface area contributed by atoms with Crippen LogP contribution < -0.4 is 4.57 Å². The predicted octanol–water partition coefficient (Wildman–Crippen LogP) is 7.11. The van der Waals surface area contributed by atoms with Gasteiger partial charge in [0, 0.05) is 17.5 Å². The van der Waals surface area contributed by atoms with Gasteiger partial charge in [0.25, 0.3) is 0 Å². The van der Waals surface area contributed by atoms with Crippen LogP contribution in [0.15, 0.2) is 47.0 Å². The number of aromatic nitrogens is 2. The van der Waals surface area contributed by atoms with Crippen molar-refractivity contribution < 1.29 is 17.8 Å². The van der Waals surface area contributed by atoms with Crippen LogP contribution in [0.4, 0.5) is 8.78 Å². The number of hydrogen-bond donors (Lipinski definition) is 0. The summed E-state index contributed by atoms with van der Waals surface area (Å²) in [7, 11) is 1.99. The van der Waals surface area contributed by atoms with Gasteiger partial charge in [0.15, 0.2) is 11.8 Å². The summed E-state index contributed by atoms with van der Waals surface area (Å²) >= 11 is 0. The molecule has 5 rings (SSSR count). The lowest BCUT2D eigenvalue weighted by Crippen LogP contribution is -2.31. The average Bonchev–Trinajstić information content (AvgIpc) is 3.06. The highest BCUT2D eigenvalue weighted by Crippen LogP contribution is 2.41. The van der Waals surface area contributed by atoms with Crippen LogP contribution in [0.5, 0.6) is 0 Å². The maximum absolute atomic E-state index is 14.7. The zero-order valence-electron chi connectivity index (χ0n) is 19.8. The van der Waals surface area contributed by atoms with E-state index >= 15 is 0 Å². The van der Waals surface area contributed by atoms with Crippen LogP contribution in [0.3, 0.4) is 0 Å². The zero-order valence-corrected chi connectivity index (χ0v) is 19.8. The lowest BCUT2D eigenvalue weighted by molar-refractivity contribution is -0.659. The van der Waals surface area contributed by atoms with E-state index in [1.54, 1.807) is 0 Å². The number of pyridine rings is 2. The first kappa shape index (κ1) is 21.5. The number of benzene rings is 2. The highest BCUT2D eigenvalue weighted by atomic mass is 19.1. The second-order valence-corrected chi connectivity index (χ2v) is 10.2. The standard InChI is InChI=1S/C28H27F2N2O/c1-15-11-20-24-21(29)13-22(30)31-27(24)33-26(20)23(16(15)2)25-19-8-7-17(14-28(3,4)5)12-18(19)9-10-32(25)6/h7-13H,14H2,1-6H3/q+1. The van der Waals surface area contributed by atoms with Crippen LogP contribution in [0.25, 0.3) is 44.1 Å². The summed E-state index contributed by atoms with van der Waals surface area (Å²) in [5, 5.41) is 3.03. The van der Waals surface area contributed by atoms with Crippen molar-refractivity contribution in [1.82, 2.24) is 4.98 Å². The molecule has 0 N–H and O–H groups in total. The molecular weight excluding hydrogens is 418 g/mol. The molecule has 0 atom stereocenters. The number of halogens is 2. The number of fused-ring (bicyclic) bond motifs is 4. The average molecular weight is 446 g/mol. The largest absolute Gasteiger partial charge is 0.437 e. The first-order valence-electron chi connectivity index (χ1n) is 11.1. The molecule has 0 radical (unpaired) electrons. The molecule has 0 fully saturated rings. The van der Waals surface area contributed by atoms with Gasteiger partial charge in [0.05, 0.1) is 16.3 Å². The zero-order chi connectivity index (χ0) is 23.7. The van der Waals surface area contributed by atoms with E-state index < -0.39 is 11.8 Å². The quantitative estimate of drug-likeness (QED) is 0.214. The Kier molecular flexibility index (Phi) is 4.78. The maximum atomic E-state index is 14.7. The second kappa shape index (κ2) is 7.34. The Balaban J connectivity index is 1.87. The summed E-state index contributed by atoms with van der Waals surface area (Å²) in [4.78, 5) is 3.82. The van der Waals surface area contributed by atoms with Crippen LogP contribution in [0.2, 0.25) is 0 Å². The molecule has 0 saturated carbocycles. The van der Waals surface area contributed by atoms with Crippen molar-refractivity contribution in [2.24, 2.45) is 12.5 Å². The fourth-order valence-electron chi connectivity index (χ4n) is 4.80. The van der Waals surface area contributed by atoms with Crippen LogP contribution in [0, 0.1) is 31.0 Å². The van der Waals surface area contributed by atoms with E-state index in [0.29, 0.717) is 11.0 Å². The van der Waals surface area contributed by atoms with Crippen LogP contribution >= 0.6 is 0 Å². The molecule has 5 aromatic rings. The molecule has 168 valence electrons. The number of rotatable bonds is 2. The highest BCUT2D eigenvalue weighted by Gasteiger charge is 2.26. The lowest BCUT2D eigenvalue weighted by atomic mass is 9.87. The van der Waals surface area contributed by atoms with Gasteiger partial charge < -0.3 is 4.42 Å². The summed E-state index contributed by atoms with van der Waals surface area (Å²) in [5.41, 5.74) is 5.85. The predicted molar refractivity (Wildman–Crippen MR) is 128 cm³/mol. The third kappa shape index (κ3) is 3.56. The third-order valence-corrected chi connectivity index (χ3v) is 6.35. The van der Waals surface area contributed by atoms with Crippen LogP contribution in [-0.4, -0.2) is 4.98 Å². The fraction of sp³-hybridized carbons (Fsp3) is 0.286. The van der Waals surface area contributed by atoms with Gasteiger partial charge in [-0.15, -0.1) is 0 Å². The summed E-state index contributed by atoms with van der Waals surface area (Å²) in [6.07, 6.45) is 3.01. The van der Waals surface area contributed by atoms with E-state index in [0.717, 1.165) is 45.6 Å². The summed E-state index contributed by atoms with van der Waals surface area (Å²) < 4.78 is 36.6. The van der Waals surface area contributed by atoms with E-state index in [2.05, 4.69) is 54.6 Å². The van der Waals surface area contributed by atoms with Gasteiger partial charge in [-0.05, 0) is 59.9 Å². The number of furan rings is 1. The Morgan fingerprint density at radius 1 is 1.00 bits per heavy atom. The molecular formula is C28H27F2N2O+. The lowest BCUT2D eigenvalue weighted by Gasteiger charge is -2.18. The van der Waals surface area contributed by atoms with Crippen molar-refractivity contribution >= 4 is 32.8 Å². The molecule has 3 heterocycles. The molecule has 2 aromatic carbocycles. The van der Waals surface area contributed by atoms with Crippen LogP contribution in [0.1, 0.15) is 37.5 Å². The summed E-state index contributed by atoms with van der Waals surface area (Å²) in [5.74, 6) is -1.56. The number of hydrogen-bond acceptors (Lipinski definition) is 2. The minimum Gasteiger partial charge on any atom is -0.437 e. The first-order chi connectivity index (χ1) is 15.5. The smallest absolute Gasteiger partial charge is 0.232 e. The molecule has 0 aliphatic rings. The van der Waals surface area contributed by atoms with Gasteiger partial charge >= 0.3 is 0 Å². The van der Waals surface area contributed by atoms with Crippen LogP contribution in [-0.2, 0) is 13.5 Å². The van der Waals surface area contributed by atoms with E-state index in [1.807, 2.05) is 33.2 Å². The van der Waals surface area contributed by atoms with Crippen molar-refractivity contribution in [1.29, 1.82) is 0 Å². The number of nitrogens with zero attached hydrogens (tertiary/aromatic N) is 2. The van der Waals surface area contributed by atoms with E-state index in [-0.39, 0.29) is 16.5 Å². The van der Waals surface area contributed by atoms with Gasteiger partial charge in [-0.25, -0.2) is 8.96 Å². The molecule has 0 aliphatic heterocycles. The second-order valence-electron chi connectivity index (χ2n) is 10.2. The molecule has 5 heteroatoms. The molecule has 0 bridgehead atoms. The van der Waals surface area contributed by atoms with Gasteiger partial charge in [0.1, 0.15) is 12.9 Å². The molecule has 3 nitrogen and oxygen atoms in total. The Labute approximate surface area is 191 Å². The van der Waals surface area contributed by atoms with Crippen molar-refractivity contribution in [2.45, 2.75) is 41.0 Å². The molecule has 0 unspecified atom stereocenters. The van der Waals surface area contributed by atoms with E-state index in [9.17, 15) is 8.78 Å². The maximum Gasteiger partial charge on any atom is 0.232 e. The molecule has 3 aromatic heterocycles. The van der Waals surface area contributed by atoms with Crippen molar-refractivity contribution in [3.63, 3.8) is 0 Å². The number of aryl methyl sites for hydroxylation is 2. The van der Waals surface area contributed by atoms with Crippen molar-refractivity contribution in [3.05, 3.63) is 71.1 Å². The Hall–Kier alpha value is -3.34. The molecule has 0 spiro atoms. The molecule has 0 saturated heterocycles. The van der Waals surface area contributed by atoms with E-state index in [4.69, 9.17) is 4.42 Å². The Bertz CT molecular complexity index is 1580. The third-order valence-electron chi connectivity index (χ3n) is 6.35. The van der Waals surface area contributed by atoms with E-state index in [1.165, 1.54) is 5.56 Å². The SMILES string of the molecule is Cc1cc2c(oc3nc(F)cc(F)c32)c(-c2c3ccc(CC(C)(C)C)cc3cc[n+]2C)c1C. The topological polar surface area (TPSA) is 29.9 Å². The van der Waals surface area contributed by atoms with Crippen molar-refractivity contribution in [2.75, 3.05) is 0 Å². The Morgan fingerprint density at radius 2 is 1.76 bits per heavy atom. The first-order valence-corrected chi connectivity index (χ1v) is 11.1. The Morgan fingerprint density at radius 3 is 2.48 bits per heavy atom. The van der Waals surface area contributed by atoms with Gasteiger partial charge in [-0.3, -0.25) is 0 Å².